The van der Waals surface area contributed by atoms with Crippen molar-refractivity contribution < 1.29 is 13.2 Å². The molecular weight excluding hydrogens is 498 g/mol. The molecule has 3 rings (SSSR count). The molecule has 9 heteroatoms. The number of rotatable bonds is 9. The minimum Gasteiger partial charge on any atom is -0.495 e. The highest BCUT2D eigenvalue weighted by molar-refractivity contribution is 9.10. The van der Waals surface area contributed by atoms with Crippen molar-refractivity contribution in [1.82, 2.24) is 0 Å². The number of para-hydroxylation sites is 1. The summed E-state index contributed by atoms with van der Waals surface area (Å²) in [6.45, 7) is 0. The molecule has 0 heterocycles. The number of sulfonamides is 1. The fraction of sp³-hybridized carbons (Fsp3) is 0.136. The normalized spacial score (nSPS) is 11.5. The number of thioether (sulfide) groups is 1. The van der Waals surface area contributed by atoms with E-state index in [1.807, 2.05) is 36.4 Å². The molecule has 0 amide bonds. The second-order valence-corrected chi connectivity index (χ2v) is 10.2. The maximum Gasteiger partial charge on any atom is 0.265 e. The van der Waals surface area contributed by atoms with E-state index in [2.05, 4.69) is 25.8 Å². The molecular formula is C22H22BrN3O3S2. The van der Waals surface area contributed by atoms with E-state index in [9.17, 15) is 8.42 Å². The van der Waals surface area contributed by atoms with Crippen LogP contribution in [0.3, 0.4) is 0 Å². The number of hydrazone groups is 1. The molecule has 0 fully saturated rings. The van der Waals surface area contributed by atoms with Crippen molar-refractivity contribution >= 4 is 49.6 Å². The molecule has 0 aromatic heterocycles. The first-order valence-electron chi connectivity index (χ1n) is 9.33. The van der Waals surface area contributed by atoms with Crippen molar-refractivity contribution in [3.63, 3.8) is 0 Å². The number of nitrogens with two attached hydrogens (primary N) is 1. The van der Waals surface area contributed by atoms with Gasteiger partial charge >= 0.3 is 0 Å². The monoisotopic (exact) mass is 519 g/mol. The maximum atomic E-state index is 13.0. The quantitative estimate of drug-likeness (QED) is 0.182. The van der Waals surface area contributed by atoms with Gasteiger partial charge in [0.2, 0.25) is 0 Å². The second-order valence-electron chi connectivity index (χ2n) is 6.52. The summed E-state index contributed by atoms with van der Waals surface area (Å²) in [5, 5.41) is 3.52. The zero-order valence-electron chi connectivity index (χ0n) is 16.8. The second kappa shape index (κ2) is 10.7. The average molecular weight is 520 g/mol. The molecule has 3 aromatic rings. The first-order valence-corrected chi connectivity index (χ1v) is 12.6. The molecule has 0 aliphatic carbocycles. The van der Waals surface area contributed by atoms with Crippen LogP contribution in [0, 0.1) is 0 Å². The number of nitrogens with one attached hydrogen (secondary N) is 1. The molecule has 3 N–H and O–H groups in total. The number of halogens is 1. The molecule has 0 radical (unpaired) electrons. The molecule has 162 valence electrons. The van der Waals surface area contributed by atoms with Crippen molar-refractivity contribution in [1.29, 1.82) is 0 Å². The lowest BCUT2D eigenvalue weighted by atomic mass is 10.1. The van der Waals surface area contributed by atoms with Crippen LogP contribution in [0.25, 0.3) is 0 Å². The van der Waals surface area contributed by atoms with Crippen molar-refractivity contribution in [2.24, 2.45) is 10.9 Å². The number of hydrogen-bond acceptors (Lipinski definition) is 6. The van der Waals surface area contributed by atoms with Crippen LogP contribution in [0.4, 0.5) is 5.69 Å². The molecule has 0 spiro atoms. The van der Waals surface area contributed by atoms with E-state index in [4.69, 9.17) is 10.6 Å². The Morgan fingerprint density at radius 1 is 1.13 bits per heavy atom. The smallest absolute Gasteiger partial charge is 0.265 e. The Kier molecular flexibility index (Phi) is 8.00. The summed E-state index contributed by atoms with van der Waals surface area (Å²) in [6, 6.07) is 20.2. The number of nitrogens with zero attached hydrogens (tertiary/aromatic N) is 1. The van der Waals surface area contributed by atoms with Crippen LogP contribution < -0.4 is 15.3 Å². The van der Waals surface area contributed by atoms with Crippen LogP contribution in [-0.2, 0) is 16.4 Å². The molecule has 0 saturated carbocycles. The molecule has 0 bridgehead atoms. The summed E-state index contributed by atoms with van der Waals surface area (Å²) in [5.74, 6) is 6.25. The molecule has 0 unspecified atom stereocenters. The van der Waals surface area contributed by atoms with Crippen LogP contribution in [0.5, 0.6) is 5.75 Å². The van der Waals surface area contributed by atoms with Gasteiger partial charge in [0.25, 0.3) is 10.0 Å². The Morgan fingerprint density at radius 3 is 2.58 bits per heavy atom. The Labute approximate surface area is 195 Å². The number of methoxy groups -OCH3 is 1. The van der Waals surface area contributed by atoms with E-state index >= 15 is 0 Å². The SMILES string of the molecule is COc1ccc(Br)cc1S(=O)(=O)Nc1ccccc1SCCc1ccc(/C=N\N)cc1. The summed E-state index contributed by atoms with van der Waals surface area (Å²) in [5.41, 5.74) is 2.66. The van der Waals surface area contributed by atoms with Gasteiger partial charge in [-0.2, -0.15) is 5.10 Å². The highest BCUT2D eigenvalue weighted by Crippen LogP contribution is 2.32. The number of anilines is 1. The van der Waals surface area contributed by atoms with Gasteiger partial charge in [0.1, 0.15) is 10.6 Å². The molecule has 0 aliphatic heterocycles. The van der Waals surface area contributed by atoms with Gasteiger partial charge in [-0.3, -0.25) is 4.72 Å². The summed E-state index contributed by atoms with van der Waals surface area (Å²) in [6.07, 6.45) is 2.44. The molecule has 3 aromatic carbocycles. The number of ether oxygens (including phenoxy) is 1. The maximum absolute atomic E-state index is 13.0. The lowest BCUT2D eigenvalue weighted by molar-refractivity contribution is 0.403. The predicted molar refractivity (Wildman–Crippen MR) is 131 cm³/mol. The van der Waals surface area contributed by atoms with Gasteiger partial charge < -0.3 is 10.6 Å². The predicted octanol–water partition coefficient (Wildman–Crippen LogP) is 4.89. The summed E-state index contributed by atoms with van der Waals surface area (Å²) in [4.78, 5) is 0.928. The lowest BCUT2D eigenvalue weighted by Crippen LogP contribution is -2.14. The topological polar surface area (TPSA) is 93.8 Å². The van der Waals surface area contributed by atoms with Crippen molar-refractivity contribution in [3.8, 4) is 5.75 Å². The fourth-order valence-corrected chi connectivity index (χ4v) is 5.73. The Morgan fingerprint density at radius 2 is 1.87 bits per heavy atom. The Balaban J connectivity index is 1.72. The lowest BCUT2D eigenvalue weighted by Gasteiger charge is -2.14. The molecule has 0 saturated heterocycles. The van der Waals surface area contributed by atoms with Crippen molar-refractivity contribution in [2.75, 3.05) is 17.6 Å². The zero-order valence-corrected chi connectivity index (χ0v) is 20.0. The summed E-state index contributed by atoms with van der Waals surface area (Å²) in [7, 11) is -2.38. The molecule has 0 atom stereocenters. The number of aryl methyl sites for hydroxylation is 1. The third-order valence-corrected chi connectivity index (χ3v) is 7.35. The zero-order chi connectivity index (χ0) is 22.3. The third-order valence-electron chi connectivity index (χ3n) is 4.40. The van der Waals surface area contributed by atoms with Gasteiger partial charge in [0.15, 0.2) is 0 Å². The highest BCUT2D eigenvalue weighted by Gasteiger charge is 2.21. The van der Waals surface area contributed by atoms with Crippen LogP contribution >= 0.6 is 27.7 Å². The van der Waals surface area contributed by atoms with Gasteiger partial charge in [-0.05, 0) is 47.9 Å². The van der Waals surface area contributed by atoms with E-state index < -0.39 is 10.0 Å². The standard InChI is InChI=1S/C22H22BrN3O3S2/c1-29-20-11-10-18(23)14-22(20)31(27,28)26-19-4-2-3-5-21(19)30-13-12-16-6-8-17(9-7-16)15-25-24/h2-11,14-15,26H,12-13,24H2,1H3/b25-15-. The van der Waals surface area contributed by atoms with Gasteiger partial charge in [0.05, 0.1) is 19.0 Å². The van der Waals surface area contributed by atoms with Gasteiger partial charge in [-0.25, -0.2) is 8.42 Å². The summed E-state index contributed by atoms with van der Waals surface area (Å²) >= 11 is 4.91. The largest absolute Gasteiger partial charge is 0.495 e. The van der Waals surface area contributed by atoms with E-state index in [0.29, 0.717) is 10.2 Å². The third kappa shape index (κ3) is 6.25. The minimum atomic E-state index is -3.83. The van der Waals surface area contributed by atoms with E-state index in [-0.39, 0.29) is 10.6 Å². The van der Waals surface area contributed by atoms with E-state index in [1.54, 1.807) is 42.2 Å². The Hall–Kier alpha value is -2.49. The molecule has 6 nitrogen and oxygen atoms in total. The average Bonchev–Trinajstić information content (AvgIpc) is 2.76. The van der Waals surface area contributed by atoms with Crippen molar-refractivity contribution in [3.05, 3.63) is 82.3 Å². The Bertz CT molecular complexity index is 1170. The first kappa shape index (κ1) is 23.2. The molecule has 31 heavy (non-hydrogen) atoms. The minimum absolute atomic E-state index is 0.0743. The molecule has 0 aliphatic rings. The van der Waals surface area contributed by atoms with Gasteiger partial charge in [-0.1, -0.05) is 52.3 Å². The first-order chi connectivity index (χ1) is 14.9. The van der Waals surface area contributed by atoms with Crippen LogP contribution in [0.15, 0.2) is 86.1 Å². The van der Waals surface area contributed by atoms with E-state index in [0.717, 1.165) is 22.6 Å². The van der Waals surface area contributed by atoms with Crippen molar-refractivity contribution in [2.45, 2.75) is 16.2 Å². The highest BCUT2D eigenvalue weighted by atomic mass is 79.9. The fourth-order valence-electron chi connectivity index (χ4n) is 2.87. The van der Waals surface area contributed by atoms with Crippen LogP contribution in [-0.4, -0.2) is 27.5 Å². The number of hydrogen-bond donors (Lipinski definition) is 2. The van der Waals surface area contributed by atoms with Crippen LogP contribution in [0.2, 0.25) is 0 Å². The van der Waals surface area contributed by atoms with Crippen LogP contribution in [0.1, 0.15) is 11.1 Å². The van der Waals surface area contributed by atoms with Gasteiger partial charge in [0, 0.05) is 15.1 Å². The summed E-state index contributed by atoms with van der Waals surface area (Å²) < 4.78 is 34.6. The van der Waals surface area contributed by atoms with Gasteiger partial charge in [-0.15, -0.1) is 11.8 Å². The van der Waals surface area contributed by atoms with E-state index in [1.165, 1.54) is 18.7 Å². The number of benzene rings is 3.